The third-order valence-electron chi connectivity index (χ3n) is 6.17. The van der Waals surface area contributed by atoms with E-state index in [2.05, 4.69) is 4.98 Å². The summed E-state index contributed by atoms with van der Waals surface area (Å²) in [5, 5.41) is 0. The van der Waals surface area contributed by atoms with E-state index < -0.39 is 5.97 Å². The number of rotatable bonds is 7. The van der Waals surface area contributed by atoms with Crippen LogP contribution in [0.5, 0.6) is 0 Å². The molecule has 7 nitrogen and oxygen atoms in total. The van der Waals surface area contributed by atoms with E-state index in [1.54, 1.807) is 18.4 Å². The Morgan fingerprint density at radius 1 is 0.971 bits per heavy atom. The van der Waals surface area contributed by atoms with Gasteiger partial charge in [-0.25, -0.2) is 9.78 Å². The van der Waals surface area contributed by atoms with Crippen LogP contribution in [0.4, 0.5) is 0 Å². The van der Waals surface area contributed by atoms with Crippen LogP contribution in [0.15, 0.2) is 77.4 Å². The number of carbonyl (C=O) groups excluding carboxylic acids is 2. The van der Waals surface area contributed by atoms with Gasteiger partial charge in [-0.15, -0.1) is 0 Å². The van der Waals surface area contributed by atoms with Gasteiger partial charge >= 0.3 is 5.97 Å². The lowest BCUT2D eigenvalue weighted by Crippen LogP contribution is -2.15. The summed E-state index contributed by atoms with van der Waals surface area (Å²) in [6.45, 7) is 5.94. The Morgan fingerprint density at radius 3 is 2.51 bits per heavy atom. The van der Waals surface area contributed by atoms with Gasteiger partial charge in [0.15, 0.2) is 6.61 Å². The number of ether oxygens (including phenoxy) is 1. The minimum atomic E-state index is -0.559. The molecular weight excluding hydrogens is 442 g/mol. The zero-order valence-electron chi connectivity index (χ0n) is 19.8. The average molecular weight is 468 g/mol. The van der Waals surface area contributed by atoms with Crippen molar-refractivity contribution in [2.24, 2.45) is 0 Å². The van der Waals surface area contributed by atoms with Crippen molar-refractivity contribution in [2.75, 3.05) is 6.61 Å². The van der Waals surface area contributed by atoms with Crippen molar-refractivity contribution in [3.63, 3.8) is 0 Å². The maximum Gasteiger partial charge on any atom is 0.338 e. The largest absolute Gasteiger partial charge is 0.467 e. The van der Waals surface area contributed by atoms with Crippen LogP contribution in [0.1, 0.15) is 43.7 Å². The number of esters is 1. The second-order valence-corrected chi connectivity index (χ2v) is 8.48. The number of furan rings is 1. The zero-order valence-corrected chi connectivity index (χ0v) is 19.8. The summed E-state index contributed by atoms with van der Waals surface area (Å²) in [5.41, 5.74) is 5.21. The van der Waals surface area contributed by atoms with E-state index in [1.165, 1.54) is 0 Å². The van der Waals surface area contributed by atoms with E-state index in [4.69, 9.17) is 9.15 Å². The molecule has 0 radical (unpaired) electrons. The molecule has 0 amide bonds. The van der Waals surface area contributed by atoms with E-state index in [1.807, 2.05) is 84.5 Å². The fourth-order valence-electron chi connectivity index (χ4n) is 4.41. The number of benzene rings is 2. The second kappa shape index (κ2) is 9.10. The molecule has 0 spiro atoms. The van der Waals surface area contributed by atoms with Gasteiger partial charge in [-0.2, -0.15) is 0 Å². The molecule has 0 saturated heterocycles. The van der Waals surface area contributed by atoms with Crippen LogP contribution in [-0.4, -0.2) is 32.5 Å². The highest BCUT2D eigenvalue weighted by Gasteiger charge is 2.19. The molecular formula is C28H25N3O4. The molecule has 0 unspecified atom stereocenters. The topological polar surface area (TPSA) is 79.3 Å². The number of aryl methyl sites for hydroxylation is 2. The zero-order chi connectivity index (χ0) is 24.5. The fourth-order valence-corrected chi connectivity index (χ4v) is 4.41. The van der Waals surface area contributed by atoms with Gasteiger partial charge in [0.2, 0.25) is 5.78 Å². The first-order valence-corrected chi connectivity index (χ1v) is 11.4. The average Bonchev–Trinajstić information content (AvgIpc) is 3.56. The number of aromatic nitrogens is 3. The highest BCUT2D eigenvalue weighted by Crippen LogP contribution is 2.23. The molecule has 0 aliphatic heterocycles. The highest BCUT2D eigenvalue weighted by molar-refractivity contribution is 6.01. The Labute approximate surface area is 202 Å². The molecule has 0 N–H and O–H groups in total. The summed E-state index contributed by atoms with van der Waals surface area (Å²) >= 11 is 0. The predicted molar refractivity (Wildman–Crippen MR) is 132 cm³/mol. The summed E-state index contributed by atoms with van der Waals surface area (Å²) in [4.78, 5) is 30.2. The number of fused-ring (bicyclic) bond motifs is 1. The lowest BCUT2D eigenvalue weighted by atomic mass is 10.1. The molecule has 0 aliphatic rings. The Morgan fingerprint density at radius 2 is 1.77 bits per heavy atom. The number of imidazole rings is 1. The van der Waals surface area contributed by atoms with Crippen molar-refractivity contribution in [3.05, 3.63) is 107 Å². The first-order chi connectivity index (χ1) is 16.9. The van der Waals surface area contributed by atoms with Gasteiger partial charge in [0, 0.05) is 22.6 Å². The fraction of sp³-hybridized carbons (Fsp3) is 0.179. The van der Waals surface area contributed by atoms with Crippen LogP contribution in [0, 0.1) is 20.8 Å². The van der Waals surface area contributed by atoms with Gasteiger partial charge in [0.05, 0.1) is 29.4 Å². The molecule has 0 saturated carbocycles. The van der Waals surface area contributed by atoms with Crippen molar-refractivity contribution in [3.8, 4) is 5.69 Å². The van der Waals surface area contributed by atoms with Crippen molar-refractivity contribution in [1.29, 1.82) is 0 Å². The predicted octanol–water partition coefficient (Wildman–Crippen LogP) is 5.43. The standard InChI is InChI=1S/C28H25N3O4/c1-18-14-24(19(2)30(18)16-23-10-7-13-34-23)27(32)17-35-28(33)21-11-12-26-25(15-21)29-20(3)31(26)22-8-5-4-6-9-22/h4-15H,16-17H2,1-3H3. The van der Waals surface area contributed by atoms with Crippen molar-refractivity contribution < 1.29 is 18.7 Å². The maximum atomic E-state index is 12.9. The van der Waals surface area contributed by atoms with E-state index in [0.717, 1.165) is 34.2 Å². The SMILES string of the molecule is Cc1cc(C(=O)COC(=O)c2ccc3c(c2)nc(C)n3-c2ccccc2)c(C)n1Cc1ccco1. The summed E-state index contributed by atoms with van der Waals surface area (Å²) < 4.78 is 14.8. The minimum Gasteiger partial charge on any atom is -0.467 e. The summed E-state index contributed by atoms with van der Waals surface area (Å²) in [5.74, 6) is 0.813. The minimum absolute atomic E-state index is 0.248. The van der Waals surface area contributed by atoms with Crippen LogP contribution in [0.3, 0.4) is 0 Å². The Bertz CT molecular complexity index is 1530. The molecule has 0 atom stereocenters. The van der Waals surface area contributed by atoms with E-state index in [-0.39, 0.29) is 12.4 Å². The van der Waals surface area contributed by atoms with Crippen LogP contribution >= 0.6 is 0 Å². The smallest absolute Gasteiger partial charge is 0.338 e. The van der Waals surface area contributed by atoms with Gasteiger partial charge in [0.25, 0.3) is 0 Å². The molecule has 176 valence electrons. The van der Waals surface area contributed by atoms with Crippen LogP contribution < -0.4 is 0 Å². The first-order valence-electron chi connectivity index (χ1n) is 11.4. The van der Waals surface area contributed by atoms with E-state index >= 15 is 0 Å². The third-order valence-corrected chi connectivity index (χ3v) is 6.17. The highest BCUT2D eigenvalue weighted by atomic mass is 16.5. The first kappa shape index (κ1) is 22.4. The number of Topliss-reactive ketones (excluding diaryl/α,β-unsaturated/α-hetero) is 1. The van der Waals surface area contributed by atoms with Crippen LogP contribution in [-0.2, 0) is 11.3 Å². The molecule has 5 rings (SSSR count). The number of carbonyl (C=O) groups is 2. The number of hydrogen-bond donors (Lipinski definition) is 0. The van der Waals surface area contributed by atoms with Gasteiger partial charge < -0.3 is 13.7 Å². The van der Waals surface area contributed by atoms with Crippen molar-refractivity contribution in [2.45, 2.75) is 27.3 Å². The number of nitrogens with zero attached hydrogens (tertiary/aromatic N) is 3. The molecule has 0 aliphatic carbocycles. The monoisotopic (exact) mass is 467 g/mol. The van der Waals surface area contributed by atoms with Gasteiger partial charge in [-0.1, -0.05) is 18.2 Å². The van der Waals surface area contributed by atoms with E-state index in [9.17, 15) is 9.59 Å². The summed E-state index contributed by atoms with van der Waals surface area (Å²) in [6.07, 6.45) is 1.62. The van der Waals surface area contributed by atoms with Crippen molar-refractivity contribution >= 4 is 22.8 Å². The van der Waals surface area contributed by atoms with Gasteiger partial charge in [-0.05, 0) is 69.3 Å². The molecule has 7 heteroatoms. The molecule has 2 aromatic carbocycles. The molecule has 3 heterocycles. The third kappa shape index (κ3) is 4.28. The van der Waals surface area contributed by atoms with E-state index in [0.29, 0.717) is 23.2 Å². The lowest BCUT2D eigenvalue weighted by Gasteiger charge is -2.08. The molecule has 0 fully saturated rings. The number of hydrogen-bond acceptors (Lipinski definition) is 5. The lowest BCUT2D eigenvalue weighted by molar-refractivity contribution is 0.0474. The van der Waals surface area contributed by atoms with Gasteiger partial charge in [0.1, 0.15) is 11.6 Å². The number of ketones is 1. The summed E-state index contributed by atoms with van der Waals surface area (Å²) in [6, 6.07) is 20.7. The molecule has 35 heavy (non-hydrogen) atoms. The molecule has 5 aromatic rings. The number of para-hydroxylation sites is 1. The Hall–Kier alpha value is -4.39. The second-order valence-electron chi connectivity index (χ2n) is 8.48. The summed E-state index contributed by atoms with van der Waals surface area (Å²) in [7, 11) is 0. The molecule has 3 aromatic heterocycles. The van der Waals surface area contributed by atoms with Crippen LogP contribution in [0.25, 0.3) is 16.7 Å². The molecule has 0 bridgehead atoms. The van der Waals surface area contributed by atoms with Gasteiger partial charge in [-0.3, -0.25) is 9.36 Å². The maximum absolute atomic E-state index is 12.9. The normalized spacial score (nSPS) is 11.2. The Balaban J connectivity index is 1.31. The Kier molecular flexibility index (Phi) is 5.82. The quantitative estimate of drug-likeness (QED) is 0.235. The van der Waals surface area contributed by atoms with Crippen LogP contribution in [0.2, 0.25) is 0 Å². The van der Waals surface area contributed by atoms with Crippen molar-refractivity contribution in [1.82, 2.24) is 14.1 Å².